The molecule has 3 aromatic rings. The second kappa shape index (κ2) is 5.54. The van der Waals surface area contributed by atoms with Crippen LogP contribution in [0, 0.1) is 6.92 Å². The number of hydrogen-bond acceptors (Lipinski definition) is 4. The van der Waals surface area contributed by atoms with Crippen molar-refractivity contribution in [2.45, 2.75) is 19.9 Å². The lowest BCUT2D eigenvalue weighted by Crippen LogP contribution is -2.31. The Hall–Kier alpha value is -2.62. The van der Waals surface area contributed by atoms with Crippen molar-refractivity contribution in [1.82, 2.24) is 9.97 Å². The van der Waals surface area contributed by atoms with E-state index in [-0.39, 0.29) is 0 Å². The van der Waals surface area contributed by atoms with Crippen LogP contribution in [0.25, 0.3) is 10.9 Å². The van der Waals surface area contributed by atoms with Crippen molar-refractivity contribution in [3.63, 3.8) is 0 Å². The third-order valence-electron chi connectivity index (χ3n) is 4.59. The maximum Gasteiger partial charge on any atom is 0.140 e. The minimum Gasteiger partial charge on any atom is -0.496 e. The van der Waals surface area contributed by atoms with Crippen molar-refractivity contribution in [2.75, 3.05) is 18.6 Å². The molecule has 4 nitrogen and oxygen atoms in total. The van der Waals surface area contributed by atoms with Crippen molar-refractivity contribution >= 4 is 16.7 Å². The lowest BCUT2D eigenvalue weighted by Gasteiger charge is -2.31. The van der Waals surface area contributed by atoms with E-state index in [1.165, 1.54) is 16.7 Å². The Bertz CT molecular complexity index is 870. The van der Waals surface area contributed by atoms with Crippen LogP contribution in [0.5, 0.6) is 5.75 Å². The maximum absolute atomic E-state index is 5.50. The Balaban J connectivity index is 1.79. The van der Waals surface area contributed by atoms with Gasteiger partial charge in [-0.2, -0.15) is 0 Å². The van der Waals surface area contributed by atoms with Crippen LogP contribution in [0.15, 0.2) is 42.7 Å². The lowest BCUT2D eigenvalue weighted by atomic mass is 9.98. The highest BCUT2D eigenvalue weighted by Gasteiger charge is 2.22. The van der Waals surface area contributed by atoms with E-state index in [9.17, 15) is 0 Å². The van der Waals surface area contributed by atoms with Gasteiger partial charge in [0.2, 0.25) is 0 Å². The summed E-state index contributed by atoms with van der Waals surface area (Å²) in [4.78, 5) is 11.3. The Morgan fingerprint density at radius 1 is 1.09 bits per heavy atom. The molecule has 4 heteroatoms. The van der Waals surface area contributed by atoms with Gasteiger partial charge in [0, 0.05) is 24.0 Å². The van der Waals surface area contributed by atoms with Crippen LogP contribution in [0.2, 0.25) is 0 Å². The van der Waals surface area contributed by atoms with Crippen molar-refractivity contribution < 1.29 is 4.74 Å². The smallest absolute Gasteiger partial charge is 0.140 e. The first-order valence-corrected chi connectivity index (χ1v) is 7.88. The maximum atomic E-state index is 5.50. The minimum atomic E-state index is 0.854. The lowest BCUT2D eigenvalue weighted by molar-refractivity contribution is 0.407. The molecule has 2 aromatic carbocycles. The Labute approximate surface area is 135 Å². The second-order valence-corrected chi connectivity index (χ2v) is 5.94. The Morgan fingerprint density at radius 3 is 2.83 bits per heavy atom. The van der Waals surface area contributed by atoms with E-state index >= 15 is 0 Å². The summed E-state index contributed by atoms with van der Waals surface area (Å²) in [6, 6.07) is 12.5. The first kappa shape index (κ1) is 14.0. The van der Waals surface area contributed by atoms with Crippen molar-refractivity contribution in [3.05, 3.63) is 59.4 Å². The van der Waals surface area contributed by atoms with E-state index in [0.29, 0.717) is 0 Å². The van der Waals surface area contributed by atoms with Crippen LogP contribution in [0.1, 0.15) is 16.7 Å². The molecule has 0 radical (unpaired) electrons. The van der Waals surface area contributed by atoms with Crippen LogP contribution in [0.4, 0.5) is 5.82 Å². The predicted octanol–water partition coefficient (Wildman–Crippen LogP) is 3.51. The monoisotopic (exact) mass is 305 g/mol. The van der Waals surface area contributed by atoms with Gasteiger partial charge in [-0.25, -0.2) is 9.97 Å². The van der Waals surface area contributed by atoms with Crippen LogP contribution in [0.3, 0.4) is 0 Å². The molecule has 0 unspecified atom stereocenters. The van der Waals surface area contributed by atoms with E-state index in [2.05, 4.69) is 46.1 Å². The summed E-state index contributed by atoms with van der Waals surface area (Å²) in [7, 11) is 1.74. The van der Waals surface area contributed by atoms with Crippen molar-refractivity contribution in [3.8, 4) is 5.75 Å². The molecule has 1 aliphatic rings. The summed E-state index contributed by atoms with van der Waals surface area (Å²) >= 11 is 0. The summed E-state index contributed by atoms with van der Waals surface area (Å²) in [5.74, 6) is 2.02. The molecule has 0 saturated heterocycles. The number of hydrogen-bond donors (Lipinski definition) is 0. The quantitative estimate of drug-likeness (QED) is 0.726. The molecule has 4 rings (SSSR count). The molecular weight excluding hydrogens is 286 g/mol. The molecule has 0 fully saturated rings. The number of nitrogens with zero attached hydrogens (tertiary/aromatic N) is 3. The van der Waals surface area contributed by atoms with E-state index in [1.807, 2.05) is 12.1 Å². The number of ether oxygens (including phenoxy) is 1. The summed E-state index contributed by atoms with van der Waals surface area (Å²) in [5.41, 5.74) is 4.86. The van der Waals surface area contributed by atoms with Gasteiger partial charge in [0.25, 0.3) is 0 Å². The van der Waals surface area contributed by atoms with E-state index in [4.69, 9.17) is 4.74 Å². The van der Waals surface area contributed by atoms with Gasteiger partial charge in [-0.15, -0.1) is 0 Å². The molecule has 0 atom stereocenters. The van der Waals surface area contributed by atoms with Crippen LogP contribution < -0.4 is 9.64 Å². The van der Waals surface area contributed by atoms with Gasteiger partial charge in [0.05, 0.1) is 12.6 Å². The highest BCUT2D eigenvalue weighted by atomic mass is 16.5. The fourth-order valence-electron chi connectivity index (χ4n) is 3.45. The molecule has 0 bridgehead atoms. The number of methoxy groups -OCH3 is 1. The number of aromatic nitrogens is 2. The molecule has 0 aliphatic carbocycles. The van der Waals surface area contributed by atoms with Gasteiger partial charge >= 0.3 is 0 Å². The van der Waals surface area contributed by atoms with E-state index < -0.39 is 0 Å². The van der Waals surface area contributed by atoms with E-state index in [1.54, 1.807) is 13.4 Å². The van der Waals surface area contributed by atoms with Gasteiger partial charge in [-0.1, -0.05) is 24.3 Å². The number of aryl methyl sites for hydroxylation is 1. The topological polar surface area (TPSA) is 38.2 Å². The van der Waals surface area contributed by atoms with Gasteiger partial charge in [-0.3, -0.25) is 0 Å². The zero-order valence-corrected chi connectivity index (χ0v) is 13.4. The molecule has 0 amide bonds. The summed E-state index contributed by atoms with van der Waals surface area (Å²) in [6.07, 6.45) is 2.63. The zero-order chi connectivity index (χ0) is 15.8. The van der Waals surface area contributed by atoms with Crippen molar-refractivity contribution in [2.24, 2.45) is 0 Å². The highest BCUT2D eigenvalue weighted by molar-refractivity contribution is 5.92. The largest absolute Gasteiger partial charge is 0.496 e. The normalized spacial score (nSPS) is 13.9. The average molecular weight is 305 g/mol. The molecular formula is C19H19N3O. The van der Waals surface area contributed by atoms with Crippen LogP contribution in [-0.4, -0.2) is 23.6 Å². The minimum absolute atomic E-state index is 0.854. The Morgan fingerprint density at radius 2 is 1.96 bits per heavy atom. The van der Waals surface area contributed by atoms with Gasteiger partial charge in [0.1, 0.15) is 17.9 Å². The summed E-state index contributed by atoms with van der Waals surface area (Å²) in [5, 5.41) is 1.15. The highest BCUT2D eigenvalue weighted by Crippen LogP contribution is 2.33. The summed E-state index contributed by atoms with van der Waals surface area (Å²) in [6.45, 7) is 3.91. The SMILES string of the molecule is COc1cccc2c1CCN(c1ncnc3cccc(C)c13)C2. The fourth-order valence-corrected chi connectivity index (χ4v) is 3.45. The molecule has 0 spiro atoms. The standard InChI is InChI=1S/C19H19N3O/c1-13-5-3-7-16-18(13)19(21-12-20-16)22-10-9-15-14(11-22)6-4-8-17(15)23-2/h3-8,12H,9-11H2,1-2H3. The number of benzene rings is 2. The number of fused-ring (bicyclic) bond motifs is 2. The second-order valence-electron chi connectivity index (χ2n) is 5.94. The van der Waals surface area contributed by atoms with Gasteiger partial charge in [0.15, 0.2) is 0 Å². The molecule has 1 aromatic heterocycles. The molecule has 0 saturated carbocycles. The third kappa shape index (κ3) is 2.31. The first-order valence-electron chi connectivity index (χ1n) is 7.88. The first-order chi connectivity index (χ1) is 11.3. The molecule has 116 valence electrons. The van der Waals surface area contributed by atoms with Crippen LogP contribution in [-0.2, 0) is 13.0 Å². The molecule has 2 heterocycles. The average Bonchev–Trinajstić information content (AvgIpc) is 2.60. The van der Waals surface area contributed by atoms with Crippen molar-refractivity contribution in [1.29, 1.82) is 0 Å². The predicted molar refractivity (Wildman–Crippen MR) is 92.0 cm³/mol. The molecule has 0 N–H and O–H groups in total. The summed E-state index contributed by atoms with van der Waals surface area (Å²) < 4.78 is 5.50. The molecule has 1 aliphatic heterocycles. The number of anilines is 1. The third-order valence-corrected chi connectivity index (χ3v) is 4.59. The molecule has 23 heavy (non-hydrogen) atoms. The van der Waals surface area contributed by atoms with Crippen LogP contribution >= 0.6 is 0 Å². The van der Waals surface area contributed by atoms with Gasteiger partial charge in [-0.05, 0) is 36.6 Å². The fraction of sp³-hybridized carbons (Fsp3) is 0.263. The zero-order valence-electron chi connectivity index (χ0n) is 13.4. The Kier molecular flexibility index (Phi) is 3.37. The van der Waals surface area contributed by atoms with Gasteiger partial charge < -0.3 is 9.64 Å². The number of rotatable bonds is 2. The van der Waals surface area contributed by atoms with E-state index in [0.717, 1.165) is 42.0 Å².